The topological polar surface area (TPSA) is 112 Å². The van der Waals surface area contributed by atoms with Gasteiger partial charge in [0.2, 0.25) is 10.0 Å². The molecule has 1 aliphatic carbocycles. The molecule has 0 aliphatic heterocycles. The van der Waals surface area contributed by atoms with Crippen molar-refractivity contribution in [3.05, 3.63) is 83.4 Å². The number of fused-ring (bicyclic) bond motifs is 2. The number of aryl methyl sites for hydroxylation is 1. The smallest absolute Gasteiger partial charge is 0.335 e. The third-order valence-electron chi connectivity index (χ3n) is 5.83. The van der Waals surface area contributed by atoms with E-state index >= 15 is 0 Å². The van der Waals surface area contributed by atoms with Crippen LogP contribution in [0.15, 0.2) is 71.6 Å². The first-order valence-electron chi connectivity index (χ1n) is 10.3. The summed E-state index contributed by atoms with van der Waals surface area (Å²) in [4.78, 5) is 18.9. The molecule has 8 heteroatoms. The molecule has 0 fully saturated rings. The Morgan fingerprint density at radius 1 is 1.06 bits per heavy atom. The lowest BCUT2D eigenvalue weighted by atomic mass is 9.88. The molecule has 3 aromatic carbocycles. The molecule has 0 radical (unpaired) electrons. The molecular weight excluding hydrogens is 426 g/mol. The molecule has 0 bridgehead atoms. The maximum atomic E-state index is 13.0. The molecular formula is C24H21N3O4S. The Kier molecular flexibility index (Phi) is 5.03. The summed E-state index contributed by atoms with van der Waals surface area (Å²) in [5, 5.41) is 9.15. The van der Waals surface area contributed by atoms with Crippen LogP contribution < -0.4 is 4.72 Å². The van der Waals surface area contributed by atoms with Crippen molar-refractivity contribution in [3.63, 3.8) is 0 Å². The highest BCUT2D eigenvalue weighted by Gasteiger charge is 2.25. The van der Waals surface area contributed by atoms with Gasteiger partial charge in [0.15, 0.2) is 0 Å². The number of rotatable bonds is 5. The molecule has 7 nitrogen and oxygen atoms in total. The number of carbonyl (C=O) groups is 1. The van der Waals surface area contributed by atoms with Crippen LogP contribution in [0.3, 0.4) is 0 Å². The van der Waals surface area contributed by atoms with Crippen LogP contribution in [0.25, 0.3) is 22.4 Å². The first-order valence-corrected chi connectivity index (χ1v) is 11.8. The number of H-pyrrole nitrogens is 1. The van der Waals surface area contributed by atoms with E-state index in [9.17, 15) is 13.2 Å². The molecule has 4 aromatic rings. The van der Waals surface area contributed by atoms with E-state index in [1.165, 1.54) is 17.7 Å². The molecule has 0 saturated heterocycles. The van der Waals surface area contributed by atoms with Crippen molar-refractivity contribution in [3.8, 4) is 11.4 Å². The molecule has 32 heavy (non-hydrogen) atoms. The summed E-state index contributed by atoms with van der Waals surface area (Å²) in [7, 11) is -3.69. The Labute approximate surface area is 185 Å². The number of carboxylic acid groups (broad SMARTS) is 1. The lowest BCUT2D eigenvalue weighted by Gasteiger charge is -2.26. The van der Waals surface area contributed by atoms with E-state index in [4.69, 9.17) is 5.11 Å². The van der Waals surface area contributed by atoms with Crippen LogP contribution in [0, 0.1) is 0 Å². The standard InChI is InChI=1S/C24H21N3O4S/c28-24(29)17-10-13-21-22(14-17)26-23(25-21)16-8-11-18(12-9-16)32(30,31)27-20-7-3-5-15-4-1-2-6-19(15)20/h1-2,4,6,8-14,20,27H,3,5,7H2,(H,25,26)(H,28,29). The van der Waals surface area contributed by atoms with Crippen molar-refractivity contribution >= 4 is 27.0 Å². The average molecular weight is 448 g/mol. The molecule has 0 amide bonds. The minimum Gasteiger partial charge on any atom is -0.478 e. The van der Waals surface area contributed by atoms with Gasteiger partial charge in [-0.2, -0.15) is 0 Å². The molecule has 1 aliphatic rings. The summed E-state index contributed by atoms with van der Waals surface area (Å²) in [6.07, 6.45) is 2.68. The van der Waals surface area contributed by atoms with Crippen molar-refractivity contribution in [2.24, 2.45) is 0 Å². The molecule has 5 rings (SSSR count). The van der Waals surface area contributed by atoms with Gasteiger partial charge < -0.3 is 10.1 Å². The van der Waals surface area contributed by atoms with Crippen LogP contribution in [-0.4, -0.2) is 29.5 Å². The van der Waals surface area contributed by atoms with E-state index in [-0.39, 0.29) is 16.5 Å². The normalized spacial score (nSPS) is 16.1. The largest absolute Gasteiger partial charge is 0.478 e. The Morgan fingerprint density at radius 2 is 1.84 bits per heavy atom. The van der Waals surface area contributed by atoms with Gasteiger partial charge in [-0.15, -0.1) is 0 Å². The van der Waals surface area contributed by atoms with Gasteiger partial charge in [-0.25, -0.2) is 22.9 Å². The molecule has 162 valence electrons. The molecule has 1 heterocycles. The van der Waals surface area contributed by atoms with E-state index in [1.807, 2.05) is 18.2 Å². The number of hydrogen-bond donors (Lipinski definition) is 3. The number of nitrogens with zero attached hydrogens (tertiary/aromatic N) is 1. The van der Waals surface area contributed by atoms with Crippen molar-refractivity contribution in [1.29, 1.82) is 0 Å². The maximum Gasteiger partial charge on any atom is 0.335 e. The number of nitrogens with one attached hydrogen (secondary N) is 2. The Morgan fingerprint density at radius 3 is 2.62 bits per heavy atom. The quantitative estimate of drug-likeness (QED) is 0.423. The third-order valence-corrected chi connectivity index (χ3v) is 7.32. The van der Waals surface area contributed by atoms with E-state index in [0.717, 1.165) is 24.8 Å². The van der Waals surface area contributed by atoms with Gasteiger partial charge in [0.1, 0.15) is 5.82 Å². The van der Waals surface area contributed by atoms with Gasteiger partial charge >= 0.3 is 5.97 Å². The molecule has 0 spiro atoms. The van der Waals surface area contributed by atoms with Crippen LogP contribution in [-0.2, 0) is 16.4 Å². The average Bonchev–Trinajstić information content (AvgIpc) is 3.23. The van der Waals surface area contributed by atoms with Crippen molar-refractivity contribution in [2.75, 3.05) is 0 Å². The van der Waals surface area contributed by atoms with Gasteiger partial charge in [-0.05, 0) is 72.9 Å². The van der Waals surface area contributed by atoms with Gasteiger partial charge in [-0.1, -0.05) is 24.3 Å². The maximum absolute atomic E-state index is 13.0. The predicted octanol–water partition coefficient (Wildman–Crippen LogP) is 4.28. The second kappa shape index (κ2) is 7.89. The monoisotopic (exact) mass is 447 g/mol. The SMILES string of the molecule is O=C(O)c1ccc2nc(-c3ccc(S(=O)(=O)NC4CCCc5ccccc54)cc3)[nH]c2c1. The van der Waals surface area contributed by atoms with Crippen LogP contribution in [0.1, 0.15) is 40.4 Å². The number of aromatic nitrogens is 2. The van der Waals surface area contributed by atoms with Crippen LogP contribution in [0.5, 0.6) is 0 Å². The van der Waals surface area contributed by atoms with Gasteiger partial charge in [-0.3, -0.25) is 0 Å². The fourth-order valence-corrected chi connectivity index (χ4v) is 5.45. The molecule has 0 saturated carbocycles. The zero-order valence-electron chi connectivity index (χ0n) is 17.1. The van der Waals surface area contributed by atoms with Crippen molar-refractivity contribution in [2.45, 2.75) is 30.2 Å². The highest BCUT2D eigenvalue weighted by Crippen LogP contribution is 2.31. The highest BCUT2D eigenvalue weighted by atomic mass is 32.2. The summed E-state index contributed by atoms with van der Waals surface area (Å²) in [6.45, 7) is 0. The van der Waals surface area contributed by atoms with Gasteiger partial charge in [0.05, 0.1) is 21.5 Å². The Balaban J connectivity index is 1.40. The van der Waals surface area contributed by atoms with Gasteiger partial charge in [0, 0.05) is 11.6 Å². The zero-order valence-corrected chi connectivity index (χ0v) is 17.9. The molecule has 1 aromatic heterocycles. The summed E-state index contributed by atoms with van der Waals surface area (Å²) in [5.74, 6) is -0.466. The molecule has 1 atom stereocenters. The fraction of sp³-hybridized carbons (Fsp3) is 0.167. The number of benzene rings is 3. The number of hydrogen-bond acceptors (Lipinski definition) is 4. The summed E-state index contributed by atoms with van der Waals surface area (Å²) in [5.41, 5.74) is 4.36. The minimum atomic E-state index is -3.69. The van der Waals surface area contributed by atoms with E-state index in [1.54, 1.807) is 30.3 Å². The van der Waals surface area contributed by atoms with E-state index in [0.29, 0.717) is 22.4 Å². The number of aromatic carboxylic acids is 1. The second-order valence-corrected chi connectivity index (χ2v) is 9.63. The van der Waals surface area contributed by atoms with Crippen LogP contribution in [0.2, 0.25) is 0 Å². The lowest BCUT2D eigenvalue weighted by molar-refractivity contribution is 0.0697. The molecule has 1 unspecified atom stereocenters. The van der Waals surface area contributed by atoms with E-state index in [2.05, 4.69) is 20.8 Å². The van der Waals surface area contributed by atoms with Crippen LogP contribution >= 0.6 is 0 Å². The number of sulfonamides is 1. The summed E-state index contributed by atoms with van der Waals surface area (Å²) < 4.78 is 28.9. The number of carboxylic acids is 1. The van der Waals surface area contributed by atoms with Gasteiger partial charge in [0.25, 0.3) is 0 Å². The van der Waals surface area contributed by atoms with Crippen LogP contribution in [0.4, 0.5) is 0 Å². The summed E-state index contributed by atoms with van der Waals surface area (Å²) >= 11 is 0. The predicted molar refractivity (Wildman–Crippen MR) is 121 cm³/mol. The fourth-order valence-electron chi connectivity index (χ4n) is 4.20. The third kappa shape index (κ3) is 3.79. The second-order valence-electron chi connectivity index (χ2n) is 7.91. The van der Waals surface area contributed by atoms with E-state index < -0.39 is 16.0 Å². The molecule has 3 N–H and O–H groups in total. The van der Waals surface area contributed by atoms with Crippen molar-refractivity contribution in [1.82, 2.24) is 14.7 Å². The first-order chi connectivity index (χ1) is 15.4. The number of imidazole rings is 1. The minimum absolute atomic E-state index is 0.171. The lowest BCUT2D eigenvalue weighted by Crippen LogP contribution is -2.31. The number of aromatic amines is 1. The first kappa shape index (κ1) is 20.4. The zero-order chi connectivity index (χ0) is 22.3. The summed E-state index contributed by atoms with van der Waals surface area (Å²) in [6, 6.07) is 18.9. The van der Waals surface area contributed by atoms with Crippen molar-refractivity contribution < 1.29 is 18.3 Å². The Bertz CT molecular complexity index is 1430. The Hall–Kier alpha value is -3.49. The highest BCUT2D eigenvalue weighted by molar-refractivity contribution is 7.89.